The van der Waals surface area contributed by atoms with E-state index in [2.05, 4.69) is 21.2 Å². The van der Waals surface area contributed by atoms with Gasteiger partial charge in [0.25, 0.3) is 0 Å². The van der Waals surface area contributed by atoms with Crippen molar-refractivity contribution in [3.63, 3.8) is 0 Å². The van der Waals surface area contributed by atoms with Crippen molar-refractivity contribution in [3.8, 4) is 11.5 Å². The largest absolute Gasteiger partial charge is 0.477 e. The van der Waals surface area contributed by atoms with E-state index in [1.54, 1.807) is 24.3 Å². The Bertz CT molecular complexity index is 1020. The first-order valence-electron chi connectivity index (χ1n) is 10.3. The quantitative estimate of drug-likeness (QED) is 0.581. The van der Waals surface area contributed by atoms with Gasteiger partial charge in [-0.1, -0.05) is 24.3 Å². The Hall–Kier alpha value is -2.60. The Morgan fingerprint density at radius 2 is 1.70 bits per heavy atom. The summed E-state index contributed by atoms with van der Waals surface area (Å²) >= 11 is 3.45. The molecule has 0 radical (unpaired) electrons. The van der Waals surface area contributed by atoms with E-state index in [1.807, 2.05) is 24.3 Å². The van der Waals surface area contributed by atoms with Crippen molar-refractivity contribution < 1.29 is 19.4 Å². The zero-order valence-electron chi connectivity index (χ0n) is 16.3. The van der Waals surface area contributed by atoms with Gasteiger partial charge < -0.3 is 15.2 Å². The lowest BCUT2D eigenvalue weighted by atomic mass is 10.0. The van der Waals surface area contributed by atoms with Crippen LogP contribution in [0.4, 0.5) is 0 Å². The van der Waals surface area contributed by atoms with Crippen LogP contribution in [0.5, 0.6) is 11.5 Å². The van der Waals surface area contributed by atoms with Crippen LogP contribution in [0.1, 0.15) is 24.8 Å². The number of nitrogens with one attached hydrogen (secondary N) is 1. The molecule has 2 bridgehead atoms. The van der Waals surface area contributed by atoms with Crippen LogP contribution in [0.25, 0.3) is 6.08 Å². The highest BCUT2D eigenvalue weighted by molar-refractivity contribution is 9.10. The molecule has 1 amide bonds. The van der Waals surface area contributed by atoms with Crippen molar-refractivity contribution in [2.45, 2.75) is 19.3 Å². The Kier molecular flexibility index (Phi) is 4.89. The third kappa shape index (κ3) is 3.54. The van der Waals surface area contributed by atoms with Crippen LogP contribution in [0.15, 0.2) is 58.7 Å². The fourth-order valence-corrected chi connectivity index (χ4v) is 5.86. The third-order valence-electron chi connectivity index (χ3n) is 6.78. The lowest BCUT2D eigenvalue weighted by molar-refractivity contribution is -0.134. The highest BCUT2D eigenvalue weighted by atomic mass is 79.9. The summed E-state index contributed by atoms with van der Waals surface area (Å²) in [6.45, 7) is 0. The summed E-state index contributed by atoms with van der Waals surface area (Å²) in [6.07, 6.45) is 5.21. The molecule has 0 spiro atoms. The number of aliphatic carboxylic acids is 1. The van der Waals surface area contributed by atoms with E-state index in [0.717, 1.165) is 4.47 Å². The van der Waals surface area contributed by atoms with Crippen LogP contribution in [-0.4, -0.2) is 17.0 Å². The van der Waals surface area contributed by atoms with Crippen LogP contribution in [0.2, 0.25) is 0 Å². The van der Waals surface area contributed by atoms with E-state index < -0.39 is 5.97 Å². The lowest BCUT2D eigenvalue weighted by Crippen LogP contribution is -2.30. The summed E-state index contributed by atoms with van der Waals surface area (Å²) in [5, 5.41) is 12.2. The van der Waals surface area contributed by atoms with Gasteiger partial charge in [0.2, 0.25) is 5.91 Å². The van der Waals surface area contributed by atoms with Gasteiger partial charge in [-0.2, -0.15) is 0 Å². The van der Waals surface area contributed by atoms with Gasteiger partial charge in [0.05, 0.1) is 4.47 Å². The number of rotatable bonds is 6. The Balaban J connectivity index is 1.26. The van der Waals surface area contributed by atoms with Gasteiger partial charge in [-0.25, -0.2) is 4.79 Å². The highest BCUT2D eigenvalue weighted by Gasteiger charge is 2.67. The van der Waals surface area contributed by atoms with E-state index in [4.69, 9.17) is 4.74 Å². The van der Waals surface area contributed by atoms with Crippen LogP contribution >= 0.6 is 15.9 Å². The Morgan fingerprint density at radius 1 is 1.03 bits per heavy atom. The normalized spacial score (nSPS) is 28.7. The minimum absolute atomic E-state index is 0.000838. The number of fused-ring (bicyclic) bond motifs is 5. The molecule has 2 aromatic rings. The van der Waals surface area contributed by atoms with Crippen molar-refractivity contribution in [3.05, 3.63) is 64.3 Å². The summed E-state index contributed by atoms with van der Waals surface area (Å²) in [6, 6.07) is 14.6. The van der Waals surface area contributed by atoms with Gasteiger partial charge in [-0.15, -0.1) is 0 Å². The molecule has 3 aliphatic carbocycles. The van der Waals surface area contributed by atoms with E-state index in [-0.39, 0.29) is 17.5 Å². The Labute approximate surface area is 183 Å². The SMILES string of the molecule is O=C(O)/C(=C/c1ccc(Oc2ccccc2Br)cc1)NC(=O)C1C2C3CCC(C3)C12. The van der Waals surface area contributed by atoms with E-state index >= 15 is 0 Å². The summed E-state index contributed by atoms with van der Waals surface area (Å²) in [4.78, 5) is 24.4. The minimum Gasteiger partial charge on any atom is -0.477 e. The molecule has 5 rings (SSSR count). The summed E-state index contributed by atoms with van der Waals surface area (Å²) in [7, 11) is 0. The number of benzene rings is 2. The average Bonchev–Trinajstić information content (AvgIpc) is 3.18. The van der Waals surface area contributed by atoms with Gasteiger partial charge in [-0.3, -0.25) is 4.79 Å². The number of hydrogen-bond acceptors (Lipinski definition) is 3. The maximum absolute atomic E-state index is 12.7. The van der Waals surface area contributed by atoms with Gasteiger partial charge in [0.15, 0.2) is 0 Å². The highest BCUT2D eigenvalue weighted by Crippen LogP contribution is 2.69. The molecule has 6 heteroatoms. The van der Waals surface area contributed by atoms with E-state index in [0.29, 0.717) is 40.7 Å². The molecule has 0 heterocycles. The van der Waals surface area contributed by atoms with Crippen molar-refractivity contribution in [1.29, 1.82) is 0 Å². The first kappa shape index (κ1) is 19.4. The second kappa shape index (κ2) is 7.58. The molecule has 0 aromatic heterocycles. The predicted octanol–water partition coefficient (Wildman–Crippen LogP) is 5.08. The van der Waals surface area contributed by atoms with Crippen LogP contribution < -0.4 is 10.1 Å². The van der Waals surface area contributed by atoms with Crippen molar-refractivity contribution in [2.24, 2.45) is 29.6 Å². The maximum atomic E-state index is 12.7. The number of amides is 1. The molecule has 3 fully saturated rings. The van der Waals surface area contributed by atoms with Crippen LogP contribution in [0, 0.1) is 29.6 Å². The second-order valence-corrected chi connectivity index (χ2v) is 9.32. The maximum Gasteiger partial charge on any atom is 0.352 e. The van der Waals surface area contributed by atoms with E-state index in [9.17, 15) is 14.7 Å². The molecule has 3 aliphatic rings. The number of ether oxygens (including phenoxy) is 1. The standard InChI is InChI=1S/C24H22BrNO4/c25-17-3-1-2-4-19(17)30-16-9-5-13(6-10-16)11-18(24(28)29)26-23(27)22-20-14-7-8-15(12-14)21(20)22/h1-6,9-11,14-15,20-22H,7-8,12H2,(H,26,27)(H,28,29)/b18-11-. The number of carbonyl (C=O) groups is 2. The van der Waals surface area contributed by atoms with Crippen LogP contribution in [-0.2, 0) is 9.59 Å². The first-order chi connectivity index (χ1) is 14.5. The number of para-hydroxylation sites is 1. The topological polar surface area (TPSA) is 75.6 Å². The molecule has 0 saturated heterocycles. The van der Waals surface area contributed by atoms with Crippen LogP contribution in [0.3, 0.4) is 0 Å². The summed E-state index contributed by atoms with van der Waals surface area (Å²) < 4.78 is 6.69. The predicted molar refractivity (Wildman–Crippen MR) is 116 cm³/mol. The smallest absolute Gasteiger partial charge is 0.352 e. The van der Waals surface area contributed by atoms with Gasteiger partial charge in [0, 0.05) is 5.92 Å². The van der Waals surface area contributed by atoms with Crippen molar-refractivity contribution >= 4 is 33.9 Å². The van der Waals surface area contributed by atoms with E-state index in [1.165, 1.54) is 25.3 Å². The number of halogens is 1. The monoisotopic (exact) mass is 467 g/mol. The minimum atomic E-state index is -1.13. The van der Waals surface area contributed by atoms with Gasteiger partial charge in [0.1, 0.15) is 17.2 Å². The number of carboxylic acid groups (broad SMARTS) is 1. The fourth-order valence-electron chi connectivity index (χ4n) is 5.50. The molecule has 3 saturated carbocycles. The van der Waals surface area contributed by atoms with Gasteiger partial charge >= 0.3 is 5.97 Å². The molecule has 0 aliphatic heterocycles. The molecule has 5 nitrogen and oxygen atoms in total. The third-order valence-corrected chi connectivity index (χ3v) is 7.44. The summed E-state index contributed by atoms with van der Waals surface area (Å²) in [5.74, 6) is 2.37. The lowest BCUT2D eigenvalue weighted by Gasteiger charge is -2.10. The first-order valence-corrected chi connectivity index (χ1v) is 11.1. The number of hydrogen-bond donors (Lipinski definition) is 2. The number of carbonyl (C=O) groups excluding carboxylic acids is 1. The zero-order chi connectivity index (χ0) is 20.8. The average molecular weight is 468 g/mol. The van der Waals surface area contributed by atoms with Crippen molar-refractivity contribution in [2.75, 3.05) is 0 Å². The molecule has 154 valence electrons. The summed E-state index contributed by atoms with van der Waals surface area (Å²) in [5.41, 5.74) is 0.597. The molecule has 4 unspecified atom stereocenters. The van der Waals surface area contributed by atoms with Crippen molar-refractivity contribution in [1.82, 2.24) is 5.32 Å². The van der Waals surface area contributed by atoms with Gasteiger partial charge in [-0.05, 0) is 94.8 Å². The molecule has 2 N–H and O–H groups in total. The molecule has 2 aromatic carbocycles. The molecular weight excluding hydrogens is 446 g/mol. The molecular formula is C24H22BrNO4. The second-order valence-electron chi connectivity index (χ2n) is 8.47. The Morgan fingerprint density at radius 3 is 2.33 bits per heavy atom. The molecule has 4 atom stereocenters. The number of carboxylic acids is 1. The molecule has 30 heavy (non-hydrogen) atoms. The zero-order valence-corrected chi connectivity index (χ0v) is 17.8. The fraction of sp³-hybridized carbons (Fsp3) is 0.333.